The molecule has 2 rings (SSSR count). The van der Waals surface area contributed by atoms with Crippen LogP contribution in [0.2, 0.25) is 0 Å². The van der Waals surface area contributed by atoms with E-state index < -0.39 is 0 Å². The van der Waals surface area contributed by atoms with Crippen molar-refractivity contribution in [1.29, 1.82) is 0 Å². The Balaban J connectivity index is 2.00. The summed E-state index contributed by atoms with van der Waals surface area (Å²) in [6.45, 7) is 6.57. The van der Waals surface area contributed by atoms with Crippen molar-refractivity contribution in [3.8, 4) is 11.5 Å². The molecule has 3 nitrogen and oxygen atoms in total. The molecule has 0 fully saturated rings. The van der Waals surface area contributed by atoms with Gasteiger partial charge >= 0.3 is 0 Å². The fourth-order valence-electron chi connectivity index (χ4n) is 1.86. The van der Waals surface area contributed by atoms with Gasteiger partial charge in [0.15, 0.2) is 11.5 Å². The molecule has 17 heavy (non-hydrogen) atoms. The highest BCUT2D eigenvalue weighted by molar-refractivity contribution is 5.40. The van der Waals surface area contributed by atoms with Crippen LogP contribution in [0.4, 0.5) is 0 Å². The van der Waals surface area contributed by atoms with Crippen LogP contribution >= 0.6 is 0 Å². The van der Waals surface area contributed by atoms with Crippen LogP contribution in [0.3, 0.4) is 0 Å². The van der Waals surface area contributed by atoms with Gasteiger partial charge in [-0.25, -0.2) is 0 Å². The molecule has 2 unspecified atom stereocenters. The molecule has 0 bridgehead atoms. The van der Waals surface area contributed by atoms with Crippen LogP contribution in [0.1, 0.15) is 19.8 Å². The predicted octanol–water partition coefficient (Wildman–Crippen LogP) is 2.51. The van der Waals surface area contributed by atoms with E-state index in [4.69, 9.17) is 15.2 Å². The zero-order chi connectivity index (χ0) is 12.3. The number of hydrogen-bond donors (Lipinski definition) is 1. The van der Waals surface area contributed by atoms with Gasteiger partial charge in [-0.2, -0.15) is 0 Å². The monoisotopic (exact) mass is 233 g/mol. The van der Waals surface area contributed by atoms with Crippen molar-refractivity contribution in [2.24, 2.45) is 5.73 Å². The van der Waals surface area contributed by atoms with Gasteiger partial charge in [-0.3, -0.25) is 0 Å². The SMILES string of the molecule is C=C(CC)CC(N)C1COc2ccccc2O1. The number of rotatable bonds is 4. The van der Waals surface area contributed by atoms with Gasteiger partial charge in [0, 0.05) is 6.04 Å². The highest BCUT2D eigenvalue weighted by atomic mass is 16.6. The first-order valence-electron chi connectivity index (χ1n) is 6.01. The Morgan fingerprint density at radius 1 is 1.47 bits per heavy atom. The molecule has 1 aliphatic rings. The lowest BCUT2D eigenvalue weighted by molar-refractivity contribution is 0.0721. The third-order valence-electron chi connectivity index (χ3n) is 3.03. The highest BCUT2D eigenvalue weighted by Gasteiger charge is 2.26. The molecular formula is C14H19NO2. The molecule has 0 aliphatic carbocycles. The van der Waals surface area contributed by atoms with Crippen LogP contribution in [0.25, 0.3) is 0 Å². The second-order valence-corrected chi connectivity index (χ2v) is 4.39. The lowest BCUT2D eigenvalue weighted by Gasteiger charge is -2.30. The molecule has 0 spiro atoms. The average Bonchev–Trinajstić information content (AvgIpc) is 2.38. The Kier molecular flexibility index (Phi) is 3.69. The molecule has 0 saturated heterocycles. The van der Waals surface area contributed by atoms with Gasteiger partial charge in [-0.05, 0) is 25.0 Å². The second-order valence-electron chi connectivity index (χ2n) is 4.39. The quantitative estimate of drug-likeness (QED) is 0.813. The molecule has 0 amide bonds. The largest absolute Gasteiger partial charge is 0.486 e. The zero-order valence-corrected chi connectivity index (χ0v) is 10.2. The van der Waals surface area contributed by atoms with E-state index in [0.29, 0.717) is 6.61 Å². The molecule has 1 aromatic rings. The Morgan fingerprint density at radius 3 is 2.88 bits per heavy atom. The fourth-order valence-corrected chi connectivity index (χ4v) is 1.86. The summed E-state index contributed by atoms with van der Waals surface area (Å²) in [4.78, 5) is 0. The summed E-state index contributed by atoms with van der Waals surface area (Å²) in [7, 11) is 0. The normalized spacial score (nSPS) is 19.8. The Labute approximate surface area is 102 Å². The van der Waals surface area contributed by atoms with E-state index in [1.807, 2.05) is 24.3 Å². The van der Waals surface area contributed by atoms with Crippen LogP contribution < -0.4 is 15.2 Å². The van der Waals surface area contributed by atoms with Crippen LogP contribution in [-0.2, 0) is 0 Å². The molecule has 92 valence electrons. The van der Waals surface area contributed by atoms with Gasteiger partial charge in [0.1, 0.15) is 12.7 Å². The first-order valence-corrected chi connectivity index (χ1v) is 6.01. The van der Waals surface area contributed by atoms with Crippen LogP contribution in [0.5, 0.6) is 11.5 Å². The third-order valence-corrected chi connectivity index (χ3v) is 3.03. The first kappa shape index (κ1) is 12.0. The summed E-state index contributed by atoms with van der Waals surface area (Å²) >= 11 is 0. The first-order chi connectivity index (χ1) is 8.20. The molecule has 1 heterocycles. The fraction of sp³-hybridized carbons (Fsp3) is 0.429. The van der Waals surface area contributed by atoms with Gasteiger partial charge in [0.05, 0.1) is 0 Å². The van der Waals surface area contributed by atoms with E-state index >= 15 is 0 Å². The van der Waals surface area contributed by atoms with Crippen LogP contribution in [-0.4, -0.2) is 18.8 Å². The van der Waals surface area contributed by atoms with Gasteiger partial charge in [-0.1, -0.05) is 31.2 Å². The predicted molar refractivity (Wildman–Crippen MR) is 68.4 cm³/mol. The number of hydrogen-bond acceptors (Lipinski definition) is 3. The number of ether oxygens (including phenoxy) is 2. The van der Waals surface area contributed by atoms with Crippen molar-refractivity contribution in [2.45, 2.75) is 31.9 Å². The van der Waals surface area contributed by atoms with Crippen LogP contribution in [0, 0.1) is 0 Å². The lowest BCUT2D eigenvalue weighted by Crippen LogP contribution is -2.45. The van der Waals surface area contributed by atoms with E-state index in [9.17, 15) is 0 Å². The van der Waals surface area contributed by atoms with E-state index in [2.05, 4.69) is 13.5 Å². The minimum Gasteiger partial charge on any atom is -0.486 e. The molecule has 3 heteroatoms. The molecule has 0 aromatic heterocycles. The van der Waals surface area contributed by atoms with E-state index in [1.165, 1.54) is 0 Å². The summed E-state index contributed by atoms with van der Waals surface area (Å²) in [5.41, 5.74) is 7.27. The van der Waals surface area contributed by atoms with E-state index in [-0.39, 0.29) is 12.1 Å². The Bertz CT molecular complexity index is 403. The average molecular weight is 233 g/mol. The molecule has 2 N–H and O–H groups in total. The number of nitrogens with two attached hydrogens (primary N) is 1. The highest BCUT2D eigenvalue weighted by Crippen LogP contribution is 2.31. The topological polar surface area (TPSA) is 44.5 Å². The lowest BCUT2D eigenvalue weighted by atomic mass is 10.0. The summed E-state index contributed by atoms with van der Waals surface area (Å²) in [6, 6.07) is 7.61. The van der Waals surface area contributed by atoms with Crippen LogP contribution in [0.15, 0.2) is 36.4 Å². The second kappa shape index (κ2) is 5.23. The van der Waals surface area contributed by atoms with E-state index in [0.717, 1.165) is 29.9 Å². The standard InChI is InChI=1S/C14H19NO2/c1-3-10(2)8-11(15)14-9-16-12-6-4-5-7-13(12)17-14/h4-7,11,14H,2-3,8-9,15H2,1H3. The van der Waals surface area contributed by atoms with Gasteiger partial charge < -0.3 is 15.2 Å². The van der Waals surface area contributed by atoms with Crippen molar-refractivity contribution in [3.05, 3.63) is 36.4 Å². The van der Waals surface area contributed by atoms with Crippen molar-refractivity contribution in [2.75, 3.05) is 6.61 Å². The molecule has 0 radical (unpaired) electrons. The third kappa shape index (κ3) is 2.80. The van der Waals surface area contributed by atoms with E-state index in [1.54, 1.807) is 0 Å². The molecule has 0 saturated carbocycles. The minimum absolute atomic E-state index is 0.0594. The van der Waals surface area contributed by atoms with Gasteiger partial charge in [0.2, 0.25) is 0 Å². The van der Waals surface area contributed by atoms with Crippen molar-refractivity contribution < 1.29 is 9.47 Å². The molecular weight excluding hydrogens is 214 g/mol. The Hall–Kier alpha value is -1.48. The summed E-state index contributed by atoms with van der Waals surface area (Å²) in [5.74, 6) is 1.58. The number of para-hydroxylation sites is 2. The molecule has 1 aliphatic heterocycles. The smallest absolute Gasteiger partial charge is 0.161 e. The van der Waals surface area contributed by atoms with Crippen molar-refractivity contribution in [3.63, 3.8) is 0 Å². The molecule has 2 atom stereocenters. The summed E-state index contributed by atoms with van der Waals surface area (Å²) in [6.07, 6.45) is 1.65. The van der Waals surface area contributed by atoms with Crippen molar-refractivity contribution in [1.82, 2.24) is 0 Å². The maximum Gasteiger partial charge on any atom is 0.161 e. The van der Waals surface area contributed by atoms with Gasteiger partial charge in [-0.15, -0.1) is 0 Å². The maximum atomic E-state index is 6.12. The number of benzene rings is 1. The maximum absolute atomic E-state index is 6.12. The Morgan fingerprint density at radius 2 is 2.18 bits per heavy atom. The minimum atomic E-state index is -0.0896. The summed E-state index contributed by atoms with van der Waals surface area (Å²) < 4.78 is 11.5. The van der Waals surface area contributed by atoms with Gasteiger partial charge in [0.25, 0.3) is 0 Å². The number of fused-ring (bicyclic) bond motifs is 1. The zero-order valence-electron chi connectivity index (χ0n) is 10.2. The van der Waals surface area contributed by atoms with Crippen molar-refractivity contribution >= 4 is 0 Å². The summed E-state index contributed by atoms with van der Waals surface area (Å²) in [5, 5.41) is 0. The molecule has 1 aromatic carbocycles.